The summed E-state index contributed by atoms with van der Waals surface area (Å²) in [4.78, 5) is 2.39. The Morgan fingerprint density at radius 2 is 2.12 bits per heavy atom. The van der Waals surface area contributed by atoms with Crippen molar-refractivity contribution in [3.8, 4) is 0 Å². The van der Waals surface area contributed by atoms with E-state index in [4.69, 9.17) is 17.3 Å². The zero-order valence-electron chi connectivity index (χ0n) is 8.71. The average molecular weight is 317 g/mol. The molecule has 0 saturated heterocycles. The van der Waals surface area contributed by atoms with Crippen LogP contribution in [0.25, 0.3) is 0 Å². The van der Waals surface area contributed by atoms with Crippen LogP contribution in [0, 0.1) is 6.92 Å². The van der Waals surface area contributed by atoms with E-state index in [9.17, 15) is 0 Å². The van der Waals surface area contributed by atoms with E-state index in [0.717, 1.165) is 19.9 Å². The standard InChI is InChI=1S/C12H11BrClNS/c1-7-5-10(13)12(16-7)11(15)8-3-2-4-9(14)6-8/h2-6,11H,15H2,1H3. The molecule has 0 amide bonds. The Labute approximate surface area is 112 Å². The first-order chi connectivity index (χ1) is 7.58. The van der Waals surface area contributed by atoms with E-state index in [-0.39, 0.29) is 6.04 Å². The summed E-state index contributed by atoms with van der Waals surface area (Å²) in [6.45, 7) is 2.07. The summed E-state index contributed by atoms with van der Waals surface area (Å²) < 4.78 is 1.07. The first-order valence-corrected chi connectivity index (χ1v) is 6.83. The summed E-state index contributed by atoms with van der Waals surface area (Å²) in [6, 6.07) is 9.65. The predicted molar refractivity (Wildman–Crippen MR) is 74.2 cm³/mol. The highest BCUT2D eigenvalue weighted by Gasteiger charge is 2.15. The maximum Gasteiger partial charge on any atom is 0.0658 e. The largest absolute Gasteiger partial charge is 0.320 e. The van der Waals surface area contributed by atoms with Crippen molar-refractivity contribution >= 4 is 38.9 Å². The highest BCUT2D eigenvalue weighted by atomic mass is 79.9. The number of hydrogen-bond donors (Lipinski definition) is 1. The van der Waals surface area contributed by atoms with Crippen LogP contribution < -0.4 is 5.73 Å². The second kappa shape index (κ2) is 4.88. The first-order valence-electron chi connectivity index (χ1n) is 4.85. The van der Waals surface area contributed by atoms with Gasteiger partial charge in [0, 0.05) is 19.2 Å². The predicted octanol–water partition coefficient (Wildman–Crippen LogP) is 4.52. The summed E-state index contributed by atoms with van der Waals surface area (Å²) in [5.74, 6) is 0. The van der Waals surface area contributed by atoms with Gasteiger partial charge < -0.3 is 5.73 Å². The minimum absolute atomic E-state index is 0.119. The topological polar surface area (TPSA) is 26.0 Å². The van der Waals surface area contributed by atoms with E-state index in [0.29, 0.717) is 0 Å². The molecule has 0 aliphatic carbocycles. The summed E-state index contributed by atoms with van der Waals surface area (Å²) in [5, 5.41) is 0.720. The molecule has 0 aliphatic rings. The third-order valence-electron chi connectivity index (χ3n) is 2.33. The molecule has 1 aromatic heterocycles. The van der Waals surface area contributed by atoms with E-state index in [1.165, 1.54) is 4.88 Å². The third-order valence-corrected chi connectivity index (χ3v) is 4.61. The Balaban J connectivity index is 2.38. The van der Waals surface area contributed by atoms with Crippen LogP contribution in [0.5, 0.6) is 0 Å². The molecule has 16 heavy (non-hydrogen) atoms. The van der Waals surface area contributed by atoms with Gasteiger partial charge in [-0.3, -0.25) is 0 Å². The van der Waals surface area contributed by atoms with Crippen molar-refractivity contribution in [2.45, 2.75) is 13.0 Å². The van der Waals surface area contributed by atoms with Gasteiger partial charge in [-0.05, 0) is 46.6 Å². The third kappa shape index (κ3) is 2.48. The SMILES string of the molecule is Cc1cc(Br)c(C(N)c2cccc(Cl)c2)s1. The fourth-order valence-electron chi connectivity index (χ4n) is 1.56. The highest BCUT2D eigenvalue weighted by molar-refractivity contribution is 9.10. The van der Waals surface area contributed by atoms with Crippen molar-refractivity contribution in [1.82, 2.24) is 0 Å². The van der Waals surface area contributed by atoms with Gasteiger partial charge in [0.15, 0.2) is 0 Å². The van der Waals surface area contributed by atoms with Gasteiger partial charge in [-0.1, -0.05) is 23.7 Å². The molecule has 0 saturated carbocycles. The Morgan fingerprint density at radius 3 is 2.69 bits per heavy atom. The summed E-state index contributed by atoms with van der Waals surface area (Å²) in [7, 11) is 0. The molecule has 2 rings (SSSR count). The summed E-state index contributed by atoms with van der Waals surface area (Å²) in [6.07, 6.45) is 0. The molecule has 2 aromatic rings. The zero-order chi connectivity index (χ0) is 11.7. The van der Waals surface area contributed by atoms with E-state index in [2.05, 4.69) is 28.9 Å². The number of hydrogen-bond acceptors (Lipinski definition) is 2. The van der Waals surface area contributed by atoms with Crippen LogP contribution in [0.1, 0.15) is 21.4 Å². The fourth-order valence-corrected chi connectivity index (χ4v) is 3.69. The molecule has 84 valence electrons. The quantitative estimate of drug-likeness (QED) is 0.866. The highest BCUT2D eigenvalue weighted by Crippen LogP contribution is 2.34. The molecule has 4 heteroatoms. The van der Waals surface area contributed by atoms with E-state index < -0.39 is 0 Å². The lowest BCUT2D eigenvalue weighted by Gasteiger charge is -2.11. The van der Waals surface area contributed by atoms with Crippen LogP contribution >= 0.6 is 38.9 Å². The minimum atomic E-state index is -0.119. The van der Waals surface area contributed by atoms with Gasteiger partial charge in [0.05, 0.1) is 6.04 Å². The number of benzene rings is 1. The minimum Gasteiger partial charge on any atom is -0.320 e. The molecule has 0 bridgehead atoms. The van der Waals surface area contributed by atoms with E-state index in [1.807, 2.05) is 24.3 Å². The number of thiophene rings is 1. The Hall–Kier alpha value is -0.350. The monoisotopic (exact) mass is 315 g/mol. The van der Waals surface area contributed by atoms with Gasteiger partial charge in [-0.25, -0.2) is 0 Å². The number of aryl methyl sites for hydroxylation is 1. The smallest absolute Gasteiger partial charge is 0.0658 e. The van der Waals surface area contributed by atoms with E-state index >= 15 is 0 Å². The van der Waals surface area contributed by atoms with Crippen LogP contribution in [0.15, 0.2) is 34.8 Å². The summed E-state index contributed by atoms with van der Waals surface area (Å²) >= 11 is 11.2. The number of halogens is 2. The lowest BCUT2D eigenvalue weighted by molar-refractivity contribution is 0.889. The second-order valence-electron chi connectivity index (χ2n) is 3.60. The number of rotatable bonds is 2. The first kappa shape index (κ1) is 12.1. The molecule has 0 fully saturated rings. The van der Waals surface area contributed by atoms with Crippen LogP contribution in [-0.4, -0.2) is 0 Å². The molecule has 0 spiro atoms. The van der Waals surface area contributed by atoms with Crippen LogP contribution in [-0.2, 0) is 0 Å². The molecule has 0 radical (unpaired) electrons. The van der Waals surface area contributed by atoms with Crippen LogP contribution in [0.4, 0.5) is 0 Å². The molecule has 1 aromatic carbocycles. The van der Waals surface area contributed by atoms with Gasteiger partial charge in [0.25, 0.3) is 0 Å². The Bertz CT molecular complexity index is 509. The number of nitrogens with two attached hydrogens (primary N) is 1. The lowest BCUT2D eigenvalue weighted by atomic mass is 10.1. The molecule has 1 nitrogen and oxygen atoms in total. The Kier molecular flexibility index (Phi) is 3.70. The molecule has 0 aliphatic heterocycles. The van der Waals surface area contributed by atoms with Crippen LogP contribution in [0.3, 0.4) is 0 Å². The van der Waals surface area contributed by atoms with Gasteiger partial charge in [-0.15, -0.1) is 11.3 Å². The molecular weight excluding hydrogens is 306 g/mol. The van der Waals surface area contributed by atoms with Gasteiger partial charge in [-0.2, -0.15) is 0 Å². The van der Waals surface area contributed by atoms with Crippen molar-refractivity contribution in [2.75, 3.05) is 0 Å². The van der Waals surface area contributed by atoms with Gasteiger partial charge >= 0.3 is 0 Å². The van der Waals surface area contributed by atoms with Crippen molar-refractivity contribution in [1.29, 1.82) is 0 Å². The maximum atomic E-state index is 6.22. The maximum absolute atomic E-state index is 6.22. The summed E-state index contributed by atoms with van der Waals surface area (Å²) in [5.41, 5.74) is 7.26. The van der Waals surface area contributed by atoms with Crippen molar-refractivity contribution in [3.63, 3.8) is 0 Å². The van der Waals surface area contributed by atoms with Crippen molar-refractivity contribution < 1.29 is 0 Å². The van der Waals surface area contributed by atoms with Crippen LogP contribution in [0.2, 0.25) is 5.02 Å². The van der Waals surface area contributed by atoms with Gasteiger partial charge in [0.1, 0.15) is 0 Å². The Morgan fingerprint density at radius 1 is 1.38 bits per heavy atom. The molecular formula is C12H11BrClNS. The van der Waals surface area contributed by atoms with Crippen molar-refractivity contribution in [3.05, 3.63) is 55.1 Å². The molecule has 1 atom stereocenters. The normalized spacial score (nSPS) is 12.8. The fraction of sp³-hybridized carbons (Fsp3) is 0.167. The van der Waals surface area contributed by atoms with E-state index in [1.54, 1.807) is 11.3 Å². The molecule has 2 N–H and O–H groups in total. The molecule has 1 unspecified atom stereocenters. The lowest BCUT2D eigenvalue weighted by Crippen LogP contribution is -2.10. The van der Waals surface area contributed by atoms with Crippen molar-refractivity contribution in [2.24, 2.45) is 5.73 Å². The molecule has 1 heterocycles. The second-order valence-corrected chi connectivity index (χ2v) is 6.18. The van der Waals surface area contributed by atoms with Gasteiger partial charge in [0.2, 0.25) is 0 Å². The zero-order valence-corrected chi connectivity index (χ0v) is 11.9. The average Bonchev–Trinajstić information content (AvgIpc) is 2.57.